The Hall–Kier alpha value is -1.51. The highest BCUT2D eigenvalue weighted by Gasteiger charge is 2.36. The van der Waals surface area contributed by atoms with Gasteiger partial charge in [-0.05, 0) is 68.5 Å². The summed E-state index contributed by atoms with van der Waals surface area (Å²) < 4.78 is 6.00. The molecule has 0 amide bonds. The summed E-state index contributed by atoms with van der Waals surface area (Å²) in [6, 6.07) is 17.0. The van der Waals surface area contributed by atoms with Crippen molar-refractivity contribution in [3.8, 4) is 11.5 Å². The monoisotopic (exact) mass is 356 g/mol. The van der Waals surface area contributed by atoms with E-state index in [0.717, 1.165) is 35.0 Å². The molecule has 2 nitrogen and oxygen atoms in total. The normalized spacial score (nSPS) is 26.0. The van der Waals surface area contributed by atoms with Gasteiger partial charge in [0.2, 0.25) is 0 Å². The van der Waals surface area contributed by atoms with Gasteiger partial charge in [0, 0.05) is 16.5 Å². The molecule has 132 valence electrons. The maximum absolute atomic E-state index is 6.00. The number of nitrogens with one attached hydrogen (secondary N) is 1. The quantitative estimate of drug-likeness (QED) is 0.825. The fraction of sp³-hybridized carbons (Fsp3) is 0.455. The standard InChI is InChI=1S/C22H26ClNO/c23-19-10-12-20(13-11-19)25-21-8-3-5-17(15-21)16-24-14-4-7-18-6-1-2-9-22(18)24/h3,5,8,10-13,15,18,22H,1-2,4,6-7,9,14,16H2/p+1/t18-,22-/m0/s1. The molecule has 2 fully saturated rings. The van der Waals surface area contributed by atoms with Gasteiger partial charge in [0.05, 0.1) is 12.6 Å². The number of benzene rings is 2. The molecule has 2 aliphatic rings. The van der Waals surface area contributed by atoms with Crippen LogP contribution in [0, 0.1) is 5.92 Å². The zero-order valence-corrected chi connectivity index (χ0v) is 15.5. The zero-order valence-electron chi connectivity index (χ0n) is 14.7. The minimum atomic E-state index is 0.733. The molecule has 0 aromatic heterocycles. The molecule has 0 bridgehead atoms. The van der Waals surface area contributed by atoms with Crippen LogP contribution in [0.25, 0.3) is 0 Å². The molecule has 1 unspecified atom stereocenters. The molecule has 2 aromatic carbocycles. The van der Waals surface area contributed by atoms with Crippen LogP contribution in [0.15, 0.2) is 48.5 Å². The smallest absolute Gasteiger partial charge is 0.127 e. The molecule has 3 atom stereocenters. The summed E-state index contributed by atoms with van der Waals surface area (Å²) in [5, 5.41) is 0.733. The Balaban J connectivity index is 1.44. The number of quaternary nitrogens is 1. The van der Waals surface area contributed by atoms with Crippen LogP contribution >= 0.6 is 11.6 Å². The van der Waals surface area contributed by atoms with Crippen LogP contribution in [0.2, 0.25) is 5.02 Å². The van der Waals surface area contributed by atoms with E-state index in [0.29, 0.717) is 0 Å². The maximum Gasteiger partial charge on any atom is 0.127 e. The second-order valence-electron chi connectivity index (χ2n) is 7.58. The molecule has 4 rings (SSSR count). The van der Waals surface area contributed by atoms with Crippen LogP contribution in [0.4, 0.5) is 0 Å². The van der Waals surface area contributed by atoms with Crippen LogP contribution in [0.3, 0.4) is 0 Å². The summed E-state index contributed by atoms with van der Waals surface area (Å²) in [5.74, 6) is 2.71. The van der Waals surface area contributed by atoms with E-state index in [2.05, 4.69) is 18.2 Å². The minimum Gasteiger partial charge on any atom is -0.457 e. The van der Waals surface area contributed by atoms with E-state index in [-0.39, 0.29) is 0 Å². The van der Waals surface area contributed by atoms with Crippen LogP contribution in [0.1, 0.15) is 44.1 Å². The van der Waals surface area contributed by atoms with Crippen LogP contribution in [0.5, 0.6) is 11.5 Å². The van der Waals surface area contributed by atoms with Gasteiger partial charge in [0.25, 0.3) is 0 Å². The molecule has 3 heteroatoms. The molecule has 0 spiro atoms. The fourth-order valence-electron chi connectivity index (χ4n) is 4.71. The van der Waals surface area contributed by atoms with Gasteiger partial charge in [-0.1, -0.05) is 30.2 Å². The van der Waals surface area contributed by atoms with Crippen molar-refractivity contribution in [1.82, 2.24) is 0 Å². The molecule has 1 N–H and O–H groups in total. The highest BCUT2D eigenvalue weighted by atomic mass is 35.5. The zero-order chi connectivity index (χ0) is 17.1. The molecule has 1 aliphatic carbocycles. The first-order valence-corrected chi connectivity index (χ1v) is 10.0. The Morgan fingerprint density at radius 1 is 0.920 bits per heavy atom. The third kappa shape index (κ3) is 4.19. The van der Waals surface area contributed by atoms with Crippen molar-refractivity contribution < 1.29 is 9.64 Å². The average Bonchev–Trinajstić information content (AvgIpc) is 2.64. The first kappa shape index (κ1) is 16.9. The van der Waals surface area contributed by atoms with Crippen LogP contribution < -0.4 is 9.64 Å². The van der Waals surface area contributed by atoms with Crippen LogP contribution in [-0.4, -0.2) is 12.6 Å². The topological polar surface area (TPSA) is 13.7 Å². The van der Waals surface area contributed by atoms with Gasteiger partial charge in [0.1, 0.15) is 18.0 Å². The van der Waals surface area contributed by atoms with Gasteiger partial charge in [-0.25, -0.2) is 0 Å². The first-order chi connectivity index (χ1) is 12.3. The number of ether oxygens (including phenoxy) is 1. The van der Waals surface area contributed by atoms with Gasteiger partial charge >= 0.3 is 0 Å². The Morgan fingerprint density at radius 3 is 2.60 bits per heavy atom. The average molecular weight is 357 g/mol. The molecule has 0 radical (unpaired) electrons. The lowest BCUT2D eigenvalue weighted by Crippen LogP contribution is -3.16. The minimum absolute atomic E-state index is 0.733. The van der Waals surface area contributed by atoms with Gasteiger partial charge in [-0.3, -0.25) is 0 Å². The molecule has 2 aromatic rings. The number of hydrogen-bond acceptors (Lipinski definition) is 1. The summed E-state index contributed by atoms with van der Waals surface area (Å²) in [6.45, 7) is 2.45. The largest absolute Gasteiger partial charge is 0.457 e. The molecule has 1 heterocycles. The number of likely N-dealkylation sites (tertiary alicyclic amines) is 1. The summed E-state index contributed by atoms with van der Waals surface area (Å²) in [6.07, 6.45) is 8.57. The second-order valence-corrected chi connectivity index (χ2v) is 8.02. The van der Waals surface area contributed by atoms with Crippen LogP contribution in [-0.2, 0) is 6.54 Å². The van der Waals surface area contributed by atoms with Crippen molar-refractivity contribution in [3.05, 3.63) is 59.1 Å². The lowest BCUT2D eigenvalue weighted by atomic mass is 9.78. The molecule has 1 saturated carbocycles. The van der Waals surface area contributed by atoms with E-state index in [9.17, 15) is 0 Å². The lowest BCUT2D eigenvalue weighted by molar-refractivity contribution is -0.949. The van der Waals surface area contributed by atoms with Crippen molar-refractivity contribution in [2.45, 2.75) is 51.1 Å². The molecule has 25 heavy (non-hydrogen) atoms. The van der Waals surface area contributed by atoms with Crippen molar-refractivity contribution in [2.24, 2.45) is 5.92 Å². The third-order valence-corrected chi connectivity index (χ3v) is 6.14. The Bertz CT molecular complexity index is 697. The molecule has 1 saturated heterocycles. The lowest BCUT2D eigenvalue weighted by Gasteiger charge is -2.41. The van der Waals surface area contributed by atoms with Crippen molar-refractivity contribution in [3.63, 3.8) is 0 Å². The van der Waals surface area contributed by atoms with Crippen molar-refractivity contribution in [2.75, 3.05) is 6.54 Å². The Labute approximate surface area is 155 Å². The summed E-state index contributed by atoms with van der Waals surface area (Å²) >= 11 is 5.95. The van der Waals surface area contributed by atoms with Gasteiger partial charge in [-0.15, -0.1) is 0 Å². The van der Waals surface area contributed by atoms with E-state index >= 15 is 0 Å². The van der Waals surface area contributed by atoms with E-state index in [1.165, 1.54) is 50.6 Å². The molecular formula is C22H27ClNO+. The maximum atomic E-state index is 6.00. The summed E-state index contributed by atoms with van der Waals surface area (Å²) in [5.41, 5.74) is 1.38. The highest BCUT2D eigenvalue weighted by molar-refractivity contribution is 6.30. The van der Waals surface area contributed by atoms with E-state index in [1.807, 2.05) is 30.3 Å². The molecule has 1 aliphatic heterocycles. The Kier molecular flexibility index (Phi) is 5.28. The SMILES string of the molecule is Clc1ccc(Oc2cccc(C[NH+]3CCC[C@@H]4CCCC[C@@H]43)c2)cc1. The number of halogens is 1. The number of piperidine rings is 1. The highest BCUT2D eigenvalue weighted by Crippen LogP contribution is 2.29. The number of fused-ring (bicyclic) bond motifs is 1. The van der Waals surface area contributed by atoms with Crippen molar-refractivity contribution in [1.29, 1.82) is 0 Å². The second kappa shape index (κ2) is 7.80. The Morgan fingerprint density at radius 2 is 1.72 bits per heavy atom. The third-order valence-electron chi connectivity index (χ3n) is 5.89. The predicted octanol–water partition coefficient (Wildman–Crippen LogP) is 4.87. The van der Waals surface area contributed by atoms with Crippen molar-refractivity contribution >= 4 is 11.6 Å². The summed E-state index contributed by atoms with van der Waals surface area (Å²) in [7, 11) is 0. The molecular weight excluding hydrogens is 330 g/mol. The number of rotatable bonds is 4. The van der Waals surface area contributed by atoms with E-state index in [4.69, 9.17) is 16.3 Å². The fourth-order valence-corrected chi connectivity index (χ4v) is 4.83. The summed E-state index contributed by atoms with van der Waals surface area (Å²) in [4.78, 5) is 1.79. The van der Waals surface area contributed by atoms with E-state index < -0.39 is 0 Å². The van der Waals surface area contributed by atoms with Gasteiger partial charge in [-0.2, -0.15) is 0 Å². The predicted molar refractivity (Wildman–Crippen MR) is 102 cm³/mol. The number of hydrogen-bond donors (Lipinski definition) is 1. The van der Waals surface area contributed by atoms with Gasteiger partial charge in [0.15, 0.2) is 0 Å². The van der Waals surface area contributed by atoms with E-state index in [1.54, 1.807) is 4.90 Å². The van der Waals surface area contributed by atoms with Gasteiger partial charge < -0.3 is 9.64 Å². The first-order valence-electron chi connectivity index (χ1n) is 9.65.